The molecule has 0 atom stereocenters. The van der Waals surface area contributed by atoms with Crippen molar-refractivity contribution in [2.75, 3.05) is 0 Å². The molecule has 110 valence electrons. The maximum absolute atomic E-state index is 12.0. The first-order chi connectivity index (χ1) is 9.83. The van der Waals surface area contributed by atoms with Crippen molar-refractivity contribution in [2.24, 2.45) is 0 Å². The van der Waals surface area contributed by atoms with Crippen molar-refractivity contribution in [1.82, 2.24) is 4.98 Å². The van der Waals surface area contributed by atoms with Crippen molar-refractivity contribution in [2.45, 2.75) is 12.8 Å². The molecule has 0 saturated heterocycles. The molecule has 0 amide bonds. The highest BCUT2D eigenvalue weighted by molar-refractivity contribution is 5.70. The van der Waals surface area contributed by atoms with Crippen LogP contribution in [-0.2, 0) is 11.2 Å². The molecule has 0 saturated carbocycles. The van der Waals surface area contributed by atoms with E-state index in [0.717, 1.165) is 0 Å². The Morgan fingerprint density at radius 2 is 1.81 bits per heavy atom. The number of carboxylic acids is 1. The van der Waals surface area contributed by atoms with Crippen molar-refractivity contribution >= 4 is 5.97 Å². The molecular weight excluding hydrogens is 287 g/mol. The van der Waals surface area contributed by atoms with E-state index in [2.05, 4.69) is 9.72 Å². The van der Waals surface area contributed by atoms with E-state index in [9.17, 15) is 18.0 Å². The van der Waals surface area contributed by atoms with Crippen molar-refractivity contribution in [3.05, 3.63) is 48.2 Å². The standard InChI is InChI=1S/C14H10F3NO3/c15-14(16,17)21-11-4-2-10(3-5-11)12-6-1-9(8-18-12)7-13(19)20/h1-6,8H,7H2,(H,19,20). The fourth-order valence-electron chi connectivity index (χ4n) is 1.70. The fourth-order valence-corrected chi connectivity index (χ4v) is 1.70. The molecule has 0 bridgehead atoms. The molecule has 0 fully saturated rings. The summed E-state index contributed by atoms with van der Waals surface area (Å²) in [6, 6.07) is 8.49. The van der Waals surface area contributed by atoms with Crippen LogP contribution in [0.25, 0.3) is 11.3 Å². The molecule has 1 aromatic heterocycles. The summed E-state index contributed by atoms with van der Waals surface area (Å²) in [5, 5.41) is 8.64. The fraction of sp³-hybridized carbons (Fsp3) is 0.143. The lowest BCUT2D eigenvalue weighted by Crippen LogP contribution is -2.16. The number of hydrogen-bond donors (Lipinski definition) is 1. The molecule has 0 aliphatic carbocycles. The van der Waals surface area contributed by atoms with Crippen LogP contribution in [-0.4, -0.2) is 22.4 Å². The van der Waals surface area contributed by atoms with Gasteiger partial charge in [-0.25, -0.2) is 0 Å². The van der Waals surface area contributed by atoms with Crippen LogP contribution >= 0.6 is 0 Å². The zero-order valence-electron chi connectivity index (χ0n) is 10.6. The number of alkyl halides is 3. The SMILES string of the molecule is O=C(O)Cc1ccc(-c2ccc(OC(F)(F)F)cc2)nc1. The summed E-state index contributed by atoms with van der Waals surface area (Å²) < 4.78 is 39.9. The minimum Gasteiger partial charge on any atom is -0.481 e. The van der Waals surface area contributed by atoms with Crippen LogP contribution in [0.2, 0.25) is 0 Å². The Morgan fingerprint density at radius 1 is 1.14 bits per heavy atom. The smallest absolute Gasteiger partial charge is 0.481 e. The Hall–Kier alpha value is -2.57. The molecule has 0 aliphatic rings. The first-order valence-electron chi connectivity index (χ1n) is 5.86. The Labute approximate surface area is 117 Å². The van der Waals surface area contributed by atoms with E-state index in [-0.39, 0.29) is 12.2 Å². The largest absolute Gasteiger partial charge is 0.573 e. The monoisotopic (exact) mass is 297 g/mol. The second kappa shape index (κ2) is 5.82. The minimum atomic E-state index is -4.72. The average Bonchev–Trinajstić information content (AvgIpc) is 2.38. The Bertz CT molecular complexity index is 621. The number of rotatable bonds is 4. The van der Waals surface area contributed by atoms with E-state index < -0.39 is 12.3 Å². The summed E-state index contributed by atoms with van der Waals surface area (Å²) in [7, 11) is 0. The molecular formula is C14H10F3NO3. The minimum absolute atomic E-state index is 0.133. The predicted octanol–water partition coefficient (Wildman–Crippen LogP) is 3.27. The third-order valence-corrected chi connectivity index (χ3v) is 2.56. The van der Waals surface area contributed by atoms with Crippen molar-refractivity contribution in [3.63, 3.8) is 0 Å². The van der Waals surface area contributed by atoms with Gasteiger partial charge in [-0.1, -0.05) is 6.07 Å². The van der Waals surface area contributed by atoms with Crippen LogP contribution in [0.1, 0.15) is 5.56 Å². The summed E-state index contributed by atoms with van der Waals surface area (Å²) in [6.07, 6.45) is -3.44. The number of carbonyl (C=O) groups is 1. The highest BCUT2D eigenvalue weighted by Gasteiger charge is 2.30. The maximum atomic E-state index is 12.0. The Morgan fingerprint density at radius 3 is 2.29 bits per heavy atom. The Balaban J connectivity index is 2.13. The van der Waals surface area contributed by atoms with E-state index in [4.69, 9.17) is 5.11 Å². The number of hydrogen-bond acceptors (Lipinski definition) is 3. The van der Waals surface area contributed by atoms with Gasteiger partial charge >= 0.3 is 12.3 Å². The molecule has 1 aromatic carbocycles. The predicted molar refractivity (Wildman–Crippen MR) is 67.7 cm³/mol. The van der Waals surface area contributed by atoms with Gasteiger partial charge in [0, 0.05) is 11.8 Å². The molecule has 21 heavy (non-hydrogen) atoms. The van der Waals surface area contributed by atoms with Gasteiger partial charge in [-0.15, -0.1) is 13.2 Å². The number of aromatic nitrogens is 1. The normalized spacial score (nSPS) is 11.2. The number of aliphatic carboxylic acids is 1. The highest BCUT2D eigenvalue weighted by Crippen LogP contribution is 2.25. The topological polar surface area (TPSA) is 59.4 Å². The number of pyridine rings is 1. The summed E-state index contributed by atoms with van der Waals surface area (Å²) in [5.74, 6) is -1.27. The molecule has 2 aromatic rings. The first-order valence-corrected chi connectivity index (χ1v) is 5.86. The number of carboxylic acid groups (broad SMARTS) is 1. The molecule has 1 heterocycles. The number of halogens is 3. The van der Waals surface area contributed by atoms with E-state index in [0.29, 0.717) is 16.8 Å². The lowest BCUT2D eigenvalue weighted by atomic mass is 10.1. The van der Waals surface area contributed by atoms with Crippen LogP contribution in [0.4, 0.5) is 13.2 Å². The van der Waals surface area contributed by atoms with Gasteiger partial charge in [-0.2, -0.15) is 0 Å². The van der Waals surface area contributed by atoms with Gasteiger partial charge < -0.3 is 9.84 Å². The average molecular weight is 297 g/mol. The molecule has 0 aliphatic heterocycles. The third kappa shape index (κ3) is 4.48. The number of nitrogens with zero attached hydrogens (tertiary/aromatic N) is 1. The molecule has 4 nitrogen and oxygen atoms in total. The van der Waals surface area contributed by atoms with Gasteiger partial charge in [0.05, 0.1) is 12.1 Å². The van der Waals surface area contributed by atoms with Crippen LogP contribution in [0, 0.1) is 0 Å². The molecule has 0 unspecified atom stereocenters. The third-order valence-electron chi connectivity index (χ3n) is 2.56. The van der Waals surface area contributed by atoms with E-state index in [1.807, 2.05) is 0 Å². The van der Waals surface area contributed by atoms with Crippen molar-refractivity contribution in [3.8, 4) is 17.0 Å². The van der Waals surface area contributed by atoms with Crippen LogP contribution in [0.5, 0.6) is 5.75 Å². The summed E-state index contributed by atoms with van der Waals surface area (Å²) in [6.45, 7) is 0. The van der Waals surface area contributed by atoms with Crippen LogP contribution in [0.15, 0.2) is 42.6 Å². The molecule has 0 spiro atoms. The molecule has 1 N–H and O–H groups in total. The molecule has 0 radical (unpaired) electrons. The number of ether oxygens (including phenoxy) is 1. The summed E-state index contributed by atoms with van der Waals surface area (Å²) in [4.78, 5) is 14.6. The van der Waals surface area contributed by atoms with Gasteiger partial charge in [-0.05, 0) is 35.9 Å². The molecule has 7 heteroatoms. The van der Waals surface area contributed by atoms with Gasteiger partial charge in [0.1, 0.15) is 5.75 Å². The maximum Gasteiger partial charge on any atom is 0.573 e. The van der Waals surface area contributed by atoms with Crippen molar-refractivity contribution < 1.29 is 27.8 Å². The Kier molecular flexibility index (Phi) is 4.11. The van der Waals surface area contributed by atoms with Crippen molar-refractivity contribution in [1.29, 1.82) is 0 Å². The van der Waals surface area contributed by atoms with Crippen LogP contribution < -0.4 is 4.74 Å². The first kappa shape index (κ1) is 14.8. The zero-order valence-corrected chi connectivity index (χ0v) is 10.6. The second-order valence-corrected chi connectivity index (χ2v) is 4.19. The quantitative estimate of drug-likeness (QED) is 0.941. The van der Waals surface area contributed by atoms with E-state index in [1.165, 1.54) is 30.5 Å². The zero-order chi connectivity index (χ0) is 15.5. The number of benzene rings is 1. The highest BCUT2D eigenvalue weighted by atomic mass is 19.4. The van der Waals surface area contributed by atoms with Gasteiger partial charge in [0.25, 0.3) is 0 Å². The van der Waals surface area contributed by atoms with E-state index >= 15 is 0 Å². The lowest BCUT2D eigenvalue weighted by molar-refractivity contribution is -0.274. The summed E-state index contributed by atoms with van der Waals surface area (Å²) in [5.41, 5.74) is 1.68. The second-order valence-electron chi connectivity index (χ2n) is 4.19. The van der Waals surface area contributed by atoms with Gasteiger partial charge in [-0.3, -0.25) is 9.78 Å². The molecule has 2 rings (SSSR count). The van der Waals surface area contributed by atoms with Gasteiger partial charge in [0.15, 0.2) is 0 Å². The van der Waals surface area contributed by atoms with E-state index in [1.54, 1.807) is 12.1 Å². The summed E-state index contributed by atoms with van der Waals surface area (Å²) >= 11 is 0. The lowest BCUT2D eigenvalue weighted by Gasteiger charge is -2.09. The van der Waals surface area contributed by atoms with Crippen LogP contribution in [0.3, 0.4) is 0 Å². The van der Waals surface area contributed by atoms with Gasteiger partial charge in [0.2, 0.25) is 0 Å².